The Morgan fingerprint density at radius 1 is 1.12 bits per heavy atom. The van der Waals surface area contributed by atoms with Gasteiger partial charge in [0.2, 0.25) is 5.95 Å². The number of hydrogen-bond donors (Lipinski definition) is 0. The van der Waals surface area contributed by atoms with Gasteiger partial charge in [-0.2, -0.15) is 17.6 Å². The predicted octanol–water partition coefficient (Wildman–Crippen LogP) is 5.73. The van der Waals surface area contributed by atoms with Gasteiger partial charge in [-0.25, -0.2) is 4.98 Å². The summed E-state index contributed by atoms with van der Waals surface area (Å²) in [5.74, 6) is 0.374. The summed E-state index contributed by atoms with van der Waals surface area (Å²) in [4.78, 5) is 21.7. The first-order chi connectivity index (χ1) is 20.4. The first kappa shape index (κ1) is 28.0. The van der Waals surface area contributed by atoms with E-state index in [9.17, 15) is 18.0 Å². The number of nitrogens with zero attached hydrogens (tertiary/aromatic N) is 7. The molecule has 2 fully saturated rings. The second kappa shape index (κ2) is 9.87. The van der Waals surface area contributed by atoms with Crippen LogP contribution in [0.2, 0.25) is 0 Å². The number of alkyl halides is 3. The fourth-order valence-corrected chi connectivity index (χ4v) is 7.59. The Balaban J connectivity index is 1.33. The van der Waals surface area contributed by atoms with Gasteiger partial charge in [-0.05, 0) is 79.0 Å². The number of carbonyl (C=O) groups excluding carboxylic acids is 1. The number of aryl methyl sites for hydroxylation is 1. The van der Waals surface area contributed by atoms with E-state index in [0.29, 0.717) is 35.3 Å². The van der Waals surface area contributed by atoms with Crippen LogP contribution < -0.4 is 4.90 Å². The highest BCUT2D eigenvalue weighted by molar-refractivity contribution is 6.12. The summed E-state index contributed by atoms with van der Waals surface area (Å²) < 4.78 is 61.6. The Morgan fingerprint density at radius 3 is 2.58 bits per heavy atom. The highest BCUT2D eigenvalue weighted by Gasteiger charge is 2.49. The maximum absolute atomic E-state index is 15.1. The highest BCUT2D eigenvalue weighted by atomic mass is 19.4. The third-order valence-electron chi connectivity index (χ3n) is 9.47. The van der Waals surface area contributed by atoms with E-state index in [0.717, 1.165) is 45.0 Å². The molecule has 3 aromatic heterocycles. The molecule has 1 atom stereocenters. The number of imidazole rings is 1. The topological polar surface area (TPSA) is 71.6 Å². The van der Waals surface area contributed by atoms with Crippen molar-refractivity contribution in [3.63, 3.8) is 0 Å². The van der Waals surface area contributed by atoms with E-state index >= 15 is 4.39 Å². The number of benzene rings is 1. The Labute approximate surface area is 246 Å². The standard InChI is InChI=1S/C31H33F4N7O/c1-18-5-4-6-40(13-18)14-20-7-22-23(24(8-20)31(33,34)35)16-41(28(22)43)25-9-21(15-42-26(32)12-36-27(25)42)30(10-19(2)11-30)29-38-37-17-39(29)3/h7-9,12,15,17-19H,4-6,10-11,13-14,16H2,1-3H3/t18-,19?,30?/m0/s1. The zero-order valence-corrected chi connectivity index (χ0v) is 24.3. The van der Waals surface area contributed by atoms with Crippen molar-refractivity contribution >= 4 is 17.2 Å². The van der Waals surface area contributed by atoms with Gasteiger partial charge in [-0.15, -0.1) is 10.2 Å². The highest BCUT2D eigenvalue weighted by Crippen LogP contribution is 2.52. The minimum absolute atomic E-state index is 0.0331. The van der Waals surface area contributed by atoms with E-state index in [4.69, 9.17) is 0 Å². The largest absolute Gasteiger partial charge is 0.416 e. The average molecular weight is 596 g/mol. The molecule has 3 aliphatic rings. The summed E-state index contributed by atoms with van der Waals surface area (Å²) in [6, 6.07) is 4.57. The fourth-order valence-electron chi connectivity index (χ4n) is 7.59. The summed E-state index contributed by atoms with van der Waals surface area (Å²) in [5.41, 5.74) is 0.185. The predicted molar refractivity (Wildman–Crippen MR) is 151 cm³/mol. The van der Waals surface area contributed by atoms with Crippen LogP contribution in [0.4, 0.5) is 23.2 Å². The second-order valence-corrected chi connectivity index (χ2v) is 12.8. The van der Waals surface area contributed by atoms with E-state index in [1.165, 1.54) is 15.4 Å². The van der Waals surface area contributed by atoms with Gasteiger partial charge in [-0.3, -0.25) is 14.1 Å². The Kier molecular flexibility index (Phi) is 6.42. The number of fused-ring (bicyclic) bond motifs is 2. The molecule has 1 aliphatic carbocycles. The van der Waals surface area contributed by atoms with Crippen LogP contribution in [0.15, 0.2) is 36.9 Å². The van der Waals surface area contributed by atoms with Crippen molar-refractivity contribution in [2.75, 3.05) is 18.0 Å². The average Bonchev–Trinajstić information content (AvgIpc) is 3.63. The minimum Gasteiger partial charge on any atom is -0.320 e. The van der Waals surface area contributed by atoms with Crippen molar-refractivity contribution < 1.29 is 22.4 Å². The Morgan fingerprint density at radius 2 is 1.91 bits per heavy atom. The molecule has 0 radical (unpaired) electrons. The van der Waals surface area contributed by atoms with Gasteiger partial charge in [0.15, 0.2) is 5.65 Å². The molecule has 0 N–H and O–H groups in total. The number of piperidine rings is 1. The summed E-state index contributed by atoms with van der Waals surface area (Å²) in [6.45, 7) is 5.94. The molecule has 12 heteroatoms. The molecule has 8 nitrogen and oxygen atoms in total. The Hall–Kier alpha value is -3.80. The van der Waals surface area contributed by atoms with Gasteiger partial charge in [0.1, 0.15) is 12.2 Å². The van der Waals surface area contributed by atoms with Crippen LogP contribution in [-0.2, 0) is 31.7 Å². The van der Waals surface area contributed by atoms with Crippen molar-refractivity contribution in [2.45, 2.75) is 64.2 Å². The lowest BCUT2D eigenvalue weighted by Crippen LogP contribution is -2.43. The molecule has 0 spiro atoms. The first-order valence-electron chi connectivity index (χ1n) is 14.7. The van der Waals surface area contributed by atoms with Gasteiger partial charge < -0.3 is 9.47 Å². The fraction of sp³-hybridized carbons (Fsp3) is 0.484. The number of rotatable bonds is 5. The van der Waals surface area contributed by atoms with Gasteiger partial charge in [0, 0.05) is 31.9 Å². The lowest BCUT2D eigenvalue weighted by molar-refractivity contribution is -0.138. The lowest BCUT2D eigenvalue weighted by Gasteiger charge is -2.46. The van der Waals surface area contributed by atoms with Crippen molar-refractivity contribution in [3.8, 4) is 0 Å². The summed E-state index contributed by atoms with van der Waals surface area (Å²) >= 11 is 0. The zero-order valence-electron chi connectivity index (χ0n) is 24.3. The van der Waals surface area contributed by atoms with Crippen LogP contribution in [0.3, 0.4) is 0 Å². The van der Waals surface area contributed by atoms with Crippen LogP contribution in [-0.4, -0.2) is 48.0 Å². The molecular formula is C31H33F4N7O. The number of anilines is 1. The number of likely N-dealkylation sites (tertiary alicyclic amines) is 1. The molecule has 1 saturated carbocycles. The third kappa shape index (κ3) is 4.52. The minimum atomic E-state index is -4.64. The lowest BCUT2D eigenvalue weighted by atomic mass is 9.59. The number of hydrogen-bond acceptors (Lipinski definition) is 5. The van der Waals surface area contributed by atoms with Crippen LogP contribution >= 0.6 is 0 Å². The molecule has 4 aromatic rings. The SMILES string of the molecule is CC1CC(c2cc(N3Cc4c(cc(CN5CCC[C@H](C)C5)cc4C(F)(F)F)C3=O)c3ncc(F)n3c2)(c2nncn2C)C1. The molecule has 2 aliphatic heterocycles. The second-order valence-electron chi connectivity index (χ2n) is 12.8. The summed E-state index contributed by atoms with van der Waals surface area (Å²) in [5, 5.41) is 8.43. The number of carbonyl (C=O) groups is 1. The molecule has 1 aromatic carbocycles. The number of pyridine rings is 1. The molecular weight excluding hydrogens is 562 g/mol. The monoisotopic (exact) mass is 595 g/mol. The van der Waals surface area contributed by atoms with Crippen LogP contribution in [0.1, 0.15) is 78.0 Å². The third-order valence-corrected chi connectivity index (χ3v) is 9.47. The van der Waals surface area contributed by atoms with Crippen molar-refractivity contribution in [1.82, 2.24) is 29.0 Å². The molecule has 1 amide bonds. The molecule has 0 bridgehead atoms. The van der Waals surface area contributed by atoms with Crippen molar-refractivity contribution in [1.29, 1.82) is 0 Å². The summed E-state index contributed by atoms with van der Waals surface area (Å²) in [6.07, 6.45) is 3.24. The number of halogens is 4. The zero-order chi connectivity index (χ0) is 30.3. The van der Waals surface area contributed by atoms with Gasteiger partial charge in [0.05, 0.1) is 29.4 Å². The van der Waals surface area contributed by atoms with E-state index in [-0.39, 0.29) is 29.0 Å². The molecule has 1 saturated heterocycles. The molecule has 43 heavy (non-hydrogen) atoms. The van der Waals surface area contributed by atoms with Crippen molar-refractivity contribution in [3.05, 3.63) is 76.5 Å². The van der Waals surface area contributed by atoms with Crippen LogP contribution in [0, 0.1) is 17.8 Å². The van der Waals surface area contributed by atoms with Crippen LogP contribution in [0.5, 0.6) is 0 Å². The smallest absolute Gasteiger partial charge is 0.320 e. The summed E-state index contributed by atoms with van der Waals surface area (Å²) in [7, 11) is 1.85. The van der Waals surface area contributed by atoms with Gasteiger partial charge >= 0.3 is 6.18 Å². The van der Waals surface area contributed by atoms with Crippen molar-refractivity contribution in [2.24, 2.45) is 18.9 Å². The number of amides is 1. The van der Waals surface area contributed by atoms with Gasteiger partial charge in [0.25, 0.3) is 5.91 Å². The van der Waals surface area contributed by atoms with E-state index in [1.54, 1.807) is 24.7 Å². The van der Waals surface area contributed by atoms with E-state index in [1.807, 2.05) is 11.6 Å². The molecule has 5 heterocycles. The first-order valence-corrected chi connectivity index (χ1v) is 14.7. The normalized spacial score (nSPS) is 24.5. The molecule has 226 valence electrons. The Bertz CT molecular complexity index is 1740. The van der Waals surface area contributed by atoms with E-state index in [2.05, 4.69) is 33.9 Å². The maximum atomic E-state index is 15.1. The maximum Gasteiger partial charge on any atom is 0.416 e. The number of aromatic nitrogens is 5. The molecule has 0 unspecified atom stereocenters. The van der Waals surface area contributed by atoms with E-state index < -0.39 is 29.0 Å². The van der Waals surface area contributed by atoms with Gasteiger partial charge in [-0.1, -0.05) is 13.8 Å². The quantitative estimate of drug-likeness (QED) is 0.276. The molecule has 7 rings (SSSR count). The van der Waals surface area contributed by atoms with Crippen LogP contribution in [0.25, 0.3) is 5.65 Å².